The molecule has 0 radical (unpaired) electrons. The molecular formula is C8H18Cl3FeO2. The standard InChI is InChI=1S/2C4H9O.3ClH.Fe/c2*1-4(2,3)5;;;;/h2*1-3H3;3*1H;/q2*-1;;;;+5/p-3. The molecule has 0 fully saturated rings. The number of rotatable bonds is 2. The predicted molar refractivity (Wildman–Crippen MR) is 41.7 cm³/mol. The Balaban J connectivity index is -0.000000167. The van der Waals surface area contributed by atoms with Gasteiger partial charge in [-0.05, 0) is 0 Å². The molecule has 0 unspecified atom stereocenters. The van der Waals surface area contributed by atoms with Crippen LogP contribution in [0.1, 0.15) is 41.5 Å². The fourth-order valence-electron chi connectivity index (χ4n) is 0.192. The van der Waals surface area contributed by atoms with Crippen LogP contribution in [0.5, 0.6) is 0 Å². The Morgan fingerprint density at radius 3 is 1.00 bits per heavy atom. The second kappa shape index (κ2) is 9.53. The molecular weight excluding hydrogens is 290 g/mol. The average Bonchev–Trinajstić information content (AvgIpc) is 1.55. The van der Waals surface area contributed by atoms with Gasteiger partial charge < -0.3 is 37.2 Å². The SMILES string of the molecule is CC(C)(C)[O][Fe+3][O]C(C)(C)C.[Cl-].[Cl-].[Cl-]. The molecule has 0 spiro atoms. The normalized spacial score (nSPS) is 10.4. The van der Waals surface area contributed by atoms with Crippen molar-refractivity contribution in [1.29, 1.82) is 0 Å². The van der Waals surface area contributed by atoms with Crippen LogP contribution in [0.3, 0.4) is 0 Å². The van der Waals surface area contributed by atoms with E-state index in [1.165, 1.54) is 0 Å². The maximum absolute atomic E-state index is 5.38. The third-order valence-corrected chi connectivity index (χ3v) is 2.03. The van der Waals surface area contributed by atoms with Crippen molar-refractivity contribution in [2.24, 2.45) is 0 Å². The zero-order chi connectivity index (χ0) is 9.12. The summed E-state index contributed by atoms with van der Waals surface area (Å²) >= 11 is 0.368. The molecule has 2 nitrogen and oxygen atoms in total. The van der Waals surface area contributed by atoms with Gasteiger partial charge in [0.1, 0.15) is 0 Å². The summed E-state index contributed by atoms with van der Waals surface area (Å²) in [5.74, 6) is 0. The van der Waals surface area contributed by atoms with Crippen LogP contribution in [-0.2, 0) is 23.3 Å². The van der Waals surface area contributed by atoms with Crippen molar-refractivity contribution in [2.75, 3.05) is 0 Å². The third kappa shape index (κ3) is 23.3. The van der Waals surface area contributed by atoms with Crippen LogP contribution in [0.2, 0.25) is 0 Å². The minimum Gasteiger partial charge on any atom is -1.00 e. The van der Waals surface area contributed by atoms with E-state index in [2.05, 4.69) is 0 Å². The molecule has 0 aliphatic heterocycles. The van der Waals surface area contributed by atoms with Crippen LogP contribution in [-0.4, -0.2) is 11.2 Å². The van der Waals surface area contributed by atoms with Gasteiger partial charge in [0.15, 0.2) is 0 Å². The minimum atomic E-state index is -0.106. The molecule has 0 amide bonds. The van der Waals surface area contributed by atoms with Crippen LogP contribution < -0.4 is 37.2 Å². The Labute approximate surface area is 113 Å². The van der Waals surface area contributed by atoms with Crippen molar-refractivity contribution in [3.63, 3.8) is 0 Å². The number of halogens is 3. The van der Waals surface area contributed by atoms with Crippen molar-refractivity contribution in [3.8, 4) is 0 Å². The topological polar surface area (TPSA) is 18.5 Å². The van der Waals surface area contributed by atoms with E-state index in [1.807, 2.05) is 41.5 Å². The maximum atomic E-state index is 5.38. The van der Waals surface area contributed by atoms with Gasteiger partial charge in [0.05, 0.1) is 0 Å². The molecule has 0 aromatic carbocycles. The molecule has 0 saturated heterocycles. The molecule has 0 aromatic rings. The van der Waals surface area contributed by atoms with Gasteiger partial charge in [-0.2, -0.15) is 0 Å². The van der Waals surface area contributed by atoms with Gasteiger partial charge in [0.25, 0.3) is 0 Å². The molecule has 0 aliphatic carbocycles. The zero-order valence-corrected chi connectivity index (χ0v) is 12.7. The van der Waals surface area contributed by atoms with Crippen LogP contribution in [0, 0.1) is 0 Å². The molecule has 0 saturated carbocycles. The van der Waals surface area contributed by atoms with Crippen LogP contribution in [0.25, 0.3) is 0 Å². The van der Waals surface area contributed by atoms with Gasteiger partial charge in [0, 0.05) is 0 Å². The molecule has 0 N–H and O–H groups in total. The summed E-state index contributed by atoms with van der Waals surface area (Å²) in [4.78, 5) is 0. The van der Waals surface area contributed by atoms with E-state index in [-0.39, 0.29) is 48.4 Å². The summed E-state index contributed by atoms with van der Waals surface area (Å²) in [6.45, 7) is 12.1. The maximum Gasteiger partial charge on any atom is -1.00 e. The quantitative estimate of drug-likeness (QED) is 0.473. The van der Waals surface area contributed by atoms with Crippen molar-refractivity contribution in [2.45, 2.75) is 52.7 Å². The Kier molecular flexibility index (Phi) is 16.7. The van der Waals surface area contributed by atoms with E-state index in [0.29, 0.717) is 15.6 Å². The van der Waals surface area contributed by atoms with Gasteiger partial charge >= 0.3 is 76.0 Å². The van der Waals surface area contributed by atoms with Crippen molar-refractivity contribution >= 4 is 0 Å². The largest absolute Gasteiger partial charge is 1.00 e. The number of hydrogen-bond donors (Lipinski definition) is 0. The van der Waals surface area contributed by atoms with Crippen LogP contribution >= 0.6 is 0 Å². The minimum absolute atomic E-state index is 0. The first-order valence-corrected chi connectivity index (χ1v) is 4.60. The van der Waals surface area contributed by atoms with Gasteiger partial charge in [-0.1, -0.05) is 0 Å². The van der Waals surface area contributed by atoms with Crippen LogP contribution in [0.4, 0.5) is 0 Å². The molecule has 0 rings (SSSR count). The van der Waals surface area contributed by atoms with E-state index in [4.69, 9.17) is 7.64 Å². The Morgan fingerprint density at radius 2 is 0.857 bits per heavy atom. The molecule has 6 heteroatoms. The van der Waals surface area contributed by atoms with Gasteiger partial charge in [-0.15, -0.1) is 0 Å². The summed E-state index contributed by atoms with van der Waals surface area (Å²) in [6, 6.07) is 0. The fraction of sp³-hybridized carbons (Fsp3) is 1.00. The summed E-state index contributed by atoms with van der Waals surface area (Å²) < 4.78 is 10.8. The van der Waals surface area contributed by atoms with Gasteiger partial charge in [-0.3, -0.25) is 0 Å². The average molecular weight is 308 g/mol. The molecule has 91 valence electrons. The Morgan fingerprint density at radius 1 is 0.643 bits per heavy atom. The van der Waals surface area contributed by atoms with E-state index in [0.717, 1.165) is 0 Å². The fourth-order valence-corrected chi connectivity index (χ4v) is 0.790. The summed E-state index contributed by atoms with van der Waals surface area (Å²) in [7, 11) is 0. The van der Waals surface area contributed by atoms with Gasteiger partial charge in [0.2, 0.25) is 0 Å². The monoisotopic (exact) mass is 307 g/mol. The third-order valence-electron chi connectivity index (χ3n) is 0.492. The van der Waals surface area contributed by atoms with E-state index in [9.17, 15) is 0 Å². The van der Waals surface area contributed by atoms with E-state index < -0.39 is 0 Å². The first-order valence-electron chi connectivity index (χ1n) is 3.70. The smallest absolute Gasteiger partial charge is 1.00 e. The van der Waals surface area contributed by atoms with Crippen molar-refractivity contribution in [3.05, 3.63) is 0 Å². The summed E-state index contributed by atoms with van der Waals surface area (Å²) in [5.41, 5.74) is -0.212. The molecule has 0 atom stereocenters. The first kappa shape index (κ1) is 24.5. The molecule has 0 aromatic heterocycles. The summed E-state index contributed by atoms with van der Waals surface area (Å²) in [6.07, 6.45) is 0. The second-order valence-corrected chi connectivity index (χ2v) is 5.06. The predicted octanol–water partition coefficient (Wildman–Crippen LogP) is -6.46. The Hall–Kier alpha value is 1.31. The van der Waals surface area contributed by atoms with Crippen LogP contribution in [0.15, 0.2) is 0 Å². The molecule has 14 heavy (non-hydrogen) atoms. The van der Waals surface area contributed by atoms with Crippen molar-refractivity contribution < 1.29 is 60.5 Å². The number of hydrogen-bond acceptors (Lipinski definition) is 2. The van der Waals surface area contributed by atoms with E-state index in [1.54, 1.807) is 0 Å². The molecule has 0 aliphatic rings. The van der Waals surface area contributed by atoms with Crippen molar-refractivity contribution in [1.82, 2.24) is 0 Å². The molecule has 0 bridgehead atoms. The zero-order valence-electron chi connectivity index (χ0n) is 9.30. The second-order valence-electron chi connectivity index (χ2n) is 4.43. The van der Waals surface area contributed by atoms with E-state index >= 15 is 0 Å². The summed E-state index contributed by atoms with van der Waals surface area (Å²) in [5, 5.41) is 0. The Bertz CT molecular complexity index is 107. The van der Waals surface area contributed by atoms with Gasteiger partial charge in [-0.25, -0.2) is 0 Å². The molecule has 0 heterocycles. The first-order chi connectivity index (χ1) is 4.71.